The van der Waals surface area contributed by atoms with Gasteiger partial charge < -0.3 is 18.8 Å². The van der Waals surface area contributed by atoms with Crippen molar-refractivity contribution >= 4 is 25.8 Å². The average Bonchev–Trinajstić information content (AvgIpc) is 2.78. The van der Waals surface area contributed by atoms with Crippen LogP contribution in [0.1, 0.15) is 57.7 Å². The number of carbonyl (C=O) groups is 1. The van der Waals surface area contributed by atoms with Crippen LogP contribution in [0.5, 0.6) is 11.5 Å². The standard InChI is InChI=1S/C27H37ClFNO4Si/c1-18(30-16-22(12-13-26(30)31)34-35(6,7)27(2,3)4)23-14-19(29)15-25(28)24(23)17-33-21-10-8-20(32-5)9-11-21/h8-11,14-15,18,22H,12-13,16-17H2,1-7H3/t18-,22-/m0/s1. The molecular formula is C27H37ClFNO4Si. The van der Waals surface area contributed by atoms with Crippen molar-refractivity contribution in [2.75, 3.05) is 13.7 Å². The molecule has 1 amide bonds. The van der Waals surface area contributed by atoms with Gasteiger partial charge in [0.2, 0.25) is 5.91 Å². The molecule has 0 aliphatic carbocycles. The number of carbonyl (C=O) groups excluding carboxylic acids is 1. The third kappa shape index (κ3) is 6.57. The Kier molecular flexibility index (Phi) is 8.55. The Morgan fingerprint density at radius 2 is 1.80 bits per heavy atom. The van der Waals surface area contributed by atoms with Crippen LogP contribution in [0.4, 0.5) is 4.39 Å². The van der Waals surface area contributed by atoms with Crippen molar-refractivity contribution in [3.8, 4) is 11.5 Å². The molecule has 35 heavy (non-hydrogen) atoms. The summed E-state index contributed by atoms with van der Waals surface area (Å²) in [6.07, 6.45) is 1.06. The number of ether oxygens (including phenoxy) is 2. The van der Waals surface area contributed by atoms with Gasteiger partial charge in [-0.25, -0.2) is 4.39 Å². The molecule has 1 saturated heterocycles. The van der Waals surface area contributed by atoms with Gasteiger partial charge in [0.25, 0.3) is 0 Å². The summed E-state index contributed by atoms with van der Waals surface area (Å²) in [4.78, 5) is 14.7. The zero-order valence-corrected chi connectivity index (χ0v) is 23.5. The molecular weight excluding hydrogens is 485 g/mol. The Bertz CT molecular complexity index is 1040. The summed E-state index contributed by atoms with van der Waals surface area (Å²) >= 11 is 6.47. The molecule has 1 heterocycles. The maximum Gasteiger partial charge on any atom is 0.223 e. The van der Waals surface area contributed by atoms with Gasteiger partial charge in [0.1, 0.15) is 23.9 Å². The highest BCUT2D eigenvalue weighted by Crippen LogP contribution is 2.39. The van der Waals surface area contributed by atoms with Gasteiger partial charge in [-0.2, -0.15) is 0 Å². The van der Waals surface area contributed by atoms with E-state index in [1.54, 1.807) is 36.3 Å². The fourth-order valence-corrected chi connectivity index (χ4v) is 5.70. The Morgan fingerprint density at radius 1 is 1.17 bits per heavy atom. The fraction of sp³-hybridized carbons (Fsp3) is 0.519. The van der Waals surface area contributed by atoms with Crippen molar-refractivity contribution in [1.82, 2.24) is 4.90 Å². The van der Waals surface area contributed by atoms with Gasteiger partial charge >= 0.3 is 0 Å². The molecule has 1 aliphatic rings. The van der Waals surface area contributed by atoms with Crippen molar-refractivity contribution in [3.63, 3.8) is 0 Å². The predicted molar refractivity (Wildman–Crippen MR) is 140 cm³/mol. The highest BCUT2D eigenvalue weighted by atomic mass is 35.5. The molecule has 2 aromatic carbocycles. The fourth-order valence-electron chi connectivity index (χ4n) is 4.05. The maximum absolute atomic E-state index is 14.4. The van der Waals surface area contributed by atoms with Crippen LogP contribution in [0.15, 0.2) is 36.4 Å². The minimum atomic E-state index is -1.99. The lowest BCUT2D eigenvalue weighted by Gasteiger charge is -2.43. The molecule has 0 aromatic heterocycles. The molecule has 0 unspecified atom stereocenters. The van der Waals surface area contributed by atoms with E-state index in [9.17, 15) is 9.18 Å². The van der Waals surface area contributed by atoms with Gasteiger partial charge in [0.15, 0.2) is 8.32 Å². The lowest BCUT2D eigenvalue weighted by atomic mass is 9.97. The van der Waals surface area contributed by atoms with Gasteiger partial charge in [-0.05, 0) is 73.4 Å². The molecule has 1 aliphatic heterocycles. The number of methoxy groups -OCH3 is 1. The number of benzene rings is 2. The number of halogens is 2. The van der Waals surface area contributed by atoms with Gasteiger partial charge in [0.05, 0.1) is 24.3 Å². The summed E-state index contributed by atoms with van der Waals surface area (Å²) in [5, 5.41) is 0.353. The Morgan fingerprint density at radius 3 is 2.40 bits per heavy atom. The van der Waals surface area contributed by atoms with E-state index in [1.807, 2.05) is 6.92 Å². The minimum absolute atomic E-state index is 0.0370. The van der Waals surface area contributed by atoms with Crippen LogP contribution in [0.2, 0.25) is 23.2 Å². The van der Waals surface area contributed by atoms with Crippen LogP contribution >= 0.6 is 11.6 Å². The molecule has 0 spiro atoms. The van der Waals surface area contributed by atoms with Gasteiger partial charge in [-0.15, -0.1) is 0 Å². The summed E-state index contributed by atoms with van der Waals surface area (Å²) in [6, 6.07) is 9.57. The van der Waals surface area contributed by atoms with Crippen LogP contribution in [0.25, 0.3) is 0 Å². The van der Waals surface area contributed by atoms with Crippen molar-refractivity contribution < 1.29 is 23.1 Å². The second-order valence-electron chi connectivity index (χ2n) is 10.7. The Labute approximate surface area is 214 Å². The molecule has 0 N–H and O–H groups in total. The lowest BCUT2D eigenvalue weighted by Crippen LogP contribution is -2.51. The van der Waals surface area contributed by atoms with Gasteiger partial charge in [-0.1, -0.05) is 32.4 Å². The number of rotatable bonds is 8. The highest BCUT2D eigenvalue weighted by molar-refractivity contribution is 6.74. The van der Waals surface area contributed by atoms with E-state index in [0.29, 0.717) is 36.3 Å². The first-order valence-corrected chi connectivity index (χ1v) is 15.3. The molecule has 3 rings (SSSR count). The topological polar surface area (TPSA) is 48.0 Å². The number of hydrogen-bond acceptors (Lipinski definition) is 4. The van der Waals surface area contributed by atoms with Crippen molar-refractivity contribution in [2.45, 2.75) is 77.4 Å². The van der Waals surface area contributed by atoms with Crippen LogP contribution in [0.3, 0.4) is 0 Å². The molecule has 0 radical (unpaired) electrons. The quantitative estimate of drug-likeness (QED) is 0.346. The largest absolute Gasteiger partial charge is 0.497 e. The molecule has 2 atom stereocenters. The average molecular weight is 522 g/mol. The molecule has 1 fully saturated rings. The number of likely N-dealkylation sites (tertiary alicyclic amines) is 1. The number of hydrogen-bond donors (Lipinski definition) is 0. The number of amides is 1. The monoisotopic (exact) mass is 521 g/mol. The van der Waals surface area contributed by atoms with Gasteiger partial charge in [-0.3, -0.25) is 4.79 Å². The van der Waals surface area contributed by atoms with E-state index in [4.69, 9.17) is 25.5 Å². The first-order valence-electron chi connectivity index (χ1n) is 12.0. The first-order chi connectivity index (χ1) is 16.3. The summed E-state index contributed by atoms with van der Waals surface area (Å²) in [5.41, 5.74) is 1.31. The third-order valence-electron chi connectivity index (χ3n) is 7.22. The van der Waals surface area contributed by atoms with Crippen LogP contribution in [0, 0.1) is 5.82 Å². The van der Waals surface area contributed by atoms with E-state index < -0.39 is 14.1 Å². The minimum Gasteiger partial charge on any atom is -0.497 e. The highest BCUT2D eigenvalue weighted by Gasteiger charge is 2.41. The summed E-state index contributed by atoms with van der Waals surface area (Å²) in [7, 11) is -0.389. The SMILES string of the molecule is COc1ccc(OCc2c(Cl)cc(F)cc2[C@H](C)N2C[C@@H](O[Si](C)(C)C(C)(C)C)CCC2=O)cc1. The van der Waals surface area contributed by atoms with Crippen LogP contribution < -0.4 is 9.47 Å². The number of nitrogens with zero attached hydrogens (tertiary/aromatic N) is 1. The molecule has 5 nitrogen and oxygen atoms in total. The Balaban J connectivity index is 1.82. The molecule has 2 aromatic rings. The van der Waals surface area contributed by atoms with E-state index in [-0.39, 0.29) is 34.7 Å². The molecule has 192 valence electrons. The van der Waals surface area contributed by atoms with E-state index in [2.05, 4.69) is 33.9 Å². The second-order valence-corrected chi connectivity index (χ2v) is 15.8. The van der Waals surface area contributed by atoms with Crippen LogP contribution in [-0.2, 0) is 15.8 Å². The van der Waals surface area contributed by atoms with Crippen LogP contribution in [-0.4, -0.2) is 38.9 Å². The van der Waals surface area contributed by atoms with E-state index in [1.165, 1.54) is 12.1 Å². The lowest BCUT2D eigenvalue weighted by molar-refractivity contribution is -0.139. The number of piperidine rings is 1. The summed E-state index contributed by atoms with van der Waals surface area (Å²) < 4.78 is 32.2. The molecule has 0 saturated carbocycles. The summed E-state index contributed by atoms with van der Waals surface area (Å²) in [6.45, 7) is 13.6. The van der Waals surface area contributed by atoms with Crippen molar-refractivity contribution in [3.05, 3.63) is 58.4 Å². The predicted octanol–water partition coefficient (Wildman–Crippen LogP) is 7.14. The zero-order valence-electron chi connectivity index (χ0n) is 21.8. The zero-order chi connectivity index (χ0) is 26.0. The molecule has 8 heteroatoms. The van der Waals surface area contributed by atoms with E-state index in [0.717, 1.165) is 5.75 Å². The maximum atomic E-state index is 14.4. The van der Waals surface area contributed by atoms with E-state index >= 15 is 0 Å². The van der Waals surface area contributed by atoms with Crippen molar-refractivity contribution in [1.29, 1.82) is 0 Å². The third-order valence-corrected chi connectivity index (χ3v) is 12.1. The molecule has 0 bridgehead atoms. The summed E-state index contributed by atoms with van der Waals surface area (Å²) in [5.74, 6) is 0.963. The van der Waals surface area contributed by atoms with Crippen molar-refractivity contribution in [2.24, 2.45) is 0 Å². The van der Waals surface area contributed by atoms with Gasteiger partial charge in [0, 0.05) is 18.5 Å². The Hall–Kier alpha value is -2.09. The first kappa shape index (κ1) is 27.5. The second kappa shape index (κ2) is 10.9. The smallest absolute Gasteiger partial charge is 0.223 e. The normalized spacial score (nSPS) is 17.9.